The highest BCUT2D eigenvalue weighted by molar-refractivity contribution is 5.20. The van der Waals surface area contributed by atoms with E-state index in [2.05, 4.69) is 39.1 Å². The van der Waals surface area contributed by atoms with E-state index in [1.165, 1.54) is 5.56 Å². The van der Waals surface area contributed by atoms with Crippen molar-refractivity contribution in [2.75, 3.05) is 19.8 Å². The summed E-state index contributed by atoms with van der Waals surface area (Å²) in [6, 6.07) is 2.08. The molecule has 0 unspecified atom stereocenters. The van der Waals surface area contributed by atoms with Gasteiger partial charge in [-0.1, -0.05) is 13.3 Å². The molecule has 122 valence electrons. The minimum Gasteiger partial charge on any atom is -0.464 e. The van der Waals surface area contributed by atoms with E-state index >= 15 is 0 Å². The van der Waals surface area contributed by atoms with Gasteiger partial charge in [-0.25, -0.2) is 0 Å². The first-order valence-corrected chi connectivity index (χ1v) is 7.91. The predicted octanol–water partition coefficient (Wildman–Crippen LogP) is 3.81. The first-order chi connectivity index (χ1) is 9.92. The van der Waals surface area contributed by atoms with Gasteiger partial charge >= 0.3 is 0 Å². The highest BCUT2D eigenvalue weighted by Gasteiger charge is 2.12. The van der Waals surface area contributed by atoms with Gasteiger partial charge in [0.25, 0.3) is 0 Å². The van der Waals surface area contributed by atoms with Crippen molar-refractivity contribution in [3.8, 4) is 0 Å². The third-order valence-corrected chi connectivity index (χ3v) is 3.14. The molecule has 1 heterocycles. The third-order valence-electron chi connectivity index (χ3n) is 3.14. The normalized spacial score (nSPS) is 12.0. The van der Waals surface area contributed by atoms with Crippen molar-refractivity contribution < 1.29 is 13.9 Å². The van der Waals surface area contributed by atoms with Crippen LogP contribution in [0, 0.1) is 6.92 Å². The molecule has 0 aliphatic carbocycles. The van der Waals surface area contributed by atoms with E-state index in [0.717, 1.165) is 37.5 Å². The highest BCUT2D eigenvalue weighted by atomic mass is 16.5. The van der Waals surface area contributed by atoms with Gasteiger partial charge in [0.05, 0.1) is 13.2 Å². The lowest BCUT2D eigenvalue weighted by Gasteiger charge is -2.20. The van der Waals surface area contributed by atoms with Gasteiger partial charge in [0.15, 0.2) is 0 Å². The molecule has 0 aliphatic rings. The van der Waals surface area contributed by atoms with Crippen LogP contribution >= 0.6 is 0 Å². The van der Waals surface area contributed by atoms with Crippen molar-refractivity contribution in [2.24, 2.45) is 0 Å². The minimum absolute atomic E-state index is 0.107. The van der Waals surface area contributed by atoms with Crippen LogP contribution < -0.4 is 5.32 Å². The Morgan fingerprint density at radius 3 is 2.52 bits per heavy atom. The topological polar surface area (TPSA) is 43.6 Å². The van der Waals surface area contributed by atoms with Crippen molar-refractivity contribution in [1.82, 2.24) is 5.32 Å². The summed E-state index contributed by atoms with van der Waals surface area (Å²) in [5.74, 6) is 1.84. The standard InChI is InChI=1S/C17H31NO3/c1-6-7-8-19-9-10-20-13-16-11-15(14(2)21-16)12-18-17(3,4)5/h11,18H,6-10,12-13H2,1-5H3. The molecule has 0 radical (unpaired) electrons. The summed E-state index contributed by atoms with van der Waals surface area (Å²) in [7, 11) is 0. The Morgan fingerprint density at radius 1 is 1.14 bits per heavy atom. The smallest absolute Gasteiger partial charge is 0.130 e. The van der Waals surface area contributed by atoms with E-state index in [1.807, 2.05) is 6.92 Å². The number of furan rings is 1. The molecule has 0 saturated heterocycles. The molecule has 1 N–H and O–H groups in total. The second kappa shape index (κ2) is 9.23. The van der Waals surface area contributed by atoms with E-state index < -0.39 is 0 Å². The van der Waals surface area contributed by atoms with Gasteiger partial charge in [-0.05, 0) is 40.2 Å². The molecule has 0 aromatic carbocycles. The lowest BCUT2D eigenvalue weighted by Crippen LogP contribution is -2.35. The van der Waals surface area contributed by atoms with Gasteiger partial charge in [-0.15, -0.1) is 0 Å². The van der Waals surface area contributed by atoms with Crippen LogP contribution in [0.5, 0.6) is 0 Å². The quantitative estimate of drug-likeness (QED) is 0.667. The lowest BCUT2D eigenvalue weighted by atomic mass is 10.1. The summed E-state index contributed by atoms with van der Waals surface area (Å²) in [5, 5.41) is 3.47. The predicted molar refractivity (Wildman–Crippen MR) is 85.4 cm³/mol. The van der Waals surface area contributed by atoms with Gasteiger partial charge in [0.1, 0.15) is 18.1 Å². The Morgan fingerprint density at radius 2 is 1.86 bits per heavy atom. The van der Waals surface area contributed by atoms with Crippen molar-refractivity contribution in [3.63, 3.8) is 0 Å². The first kappa shape index (κ1) is 18.2. The van der Waals surface area contributed by atoms with E-state index in [4.69, 9.17) is 13.9 Å². The number of aryl methyl sites for hydroxylation is 1. The Kier molecular flexibility index (Phi) is 8.01. The number of hydrogen-bond donors (Lipinski definition) is 1. The van der Waals surface area contributed by atoms with Gasteiger partial charge in [0, 0.05) is 24.3 Å². The zero-order chi connectivity index (χ0) is 15.7. The summed E-state index contributed by atoms with van der Waals surface area (Å²) in [4.78, 5) is 0. The van der Waals surface area contributed by atoms with Crippen LogP contribution in [0.25, 0.3) is 0 Å². The molecule has 1 rings (SSSR count). The van der Waals surface area contributed by atoms with Crippen molar-refractivity contribution in [1.29, 1.82) is 0 Å². The summed E-state index contributed by atoms with van der Waals surface area (Å²) in [5.41, 5.74) is 1.30. The van der Waals surface area contributed by atoms with Crippen LogP contribution in [0.15, 0.2) is 10.5 Å². The Balaban J connectivity index is 2.24. The van der Waals surface area contributed by atoms with Crippen LogP contribution in [-0.2, 0) is 22.6 Å². The van der Waals surface area contributed by atoms with Crippen LogP contribution in [0.2, 0.25) is 0 Å². The molecule has 0 fully saturated rings. The largest absolute Gasteiger partial charge is 0.464 e. The van der Waals surface area contributed by atoms with Gasteiger partial charge < -0.3 is 19.2 Å². The molecule has 0 amide bonds. The number of nitrogens with one attached hydrogen (secondary N) is 1. The zero-order valence-corrected chi connectivity index (χ0v) is 14.3. The molecular formula is C17H31NO3. The van der Waals surface area contributed by atoms with Crippen molar-refractivity contribution in [2.45, 2.75) is 66.2 Å². The molecular weight excluding hydrogens is 266 g/mol. The Hall–Kier alpha value is -0.840. The van der Waals surface area contributed by atoms with Crippen LogP contribution in [0.1, 0.15) is 57.6 Å². The summed E-state index contributed by atoms with van der Waals surface area (Å²) >= 11 is 0. The zero-order valence-electron chi connectivity index (χ0n) is 14.3. The number of rotatable bonds is 10. The maximum Gasteiger partial charge on any atom is 0.130 e. The average Bonchev–Trinajstić information content (AvgIpc) is 2.75. The van der Waals surface area contributed by atoms with Crippen molar-refractivity contribution in [3.05, 3.63) is 23.2 Å². The van der Waals surface area contributed by atoms with Crippen LogP contribution in [0.3, 0.4) is 0 Å². The van der Waals surface area contributed by atoms with E-state index in [0.29, 0.717) is 19.8 Å². The van der Waals surface area contributed by atoms with E-state index in [1.54, 1.807) is 0 Å². The molecule has 0 bridgehead atoms. The molecule has 0 spiro atoms. The fourth-order valence-electron chi connectivity index (χ4n) is 1.83. The second-order valence-electron chi connectivity index (χ2n) is 6.42. The number of hydrogen-bond acceptors (Lipinski definition) is 4. The molecule has 4 heteroatoms. The van der Waals surface area contributed by atoms with Gasteiger partial charge in [-0.2, -0.15) is 0 Å². The van der Waals surface area contributed by atoms with Crippen molar-refractivity contribution >= 4 is 0 Å². The minimum atomic E-state index is 0.107. The maximum absolute atomic E-state index is 5.72. The SMILES string of the molecule is CCCCOCCOCc1cc(CNC(C)(C)C)c(C)o1. The molecule has 21 heavy (non-hydrogen) atoms. The lowest BCUT2D eigenvalue weighted by molar-refractivity contribution is 0.0337. The van der Waals surface area contributed by atoms with Crippen LogP contribution in [-0.4, -0.2) is 25.4 Å². The van der Waals surface area contributed by atoms with E-state index in [-0.39, 0.29) is 5.54 Å². The average molecular weight is 297 g/mol. The molecule has 1 aromatic rings. The monoisotopic (exact) mass is 297 g/mol. The molecule has 4 nitrogen and oxygen atoms in total. The van der Waals surface area contributed by atoms with Crippen LogP contribution in [0.4, 0.5) is 0 Å². The second-order valence-corrected chi connectivity index (χ2v) is 6.42. The fourth-order valence-corrected chi connectivity index (χ4v) is 1.83. The Bertz CT molecular complexity index is 393. The highest BCUT2D eigenvalue weighted by Crippen LogP contribution is 2.16. The van der Waals surface area contributed by atoms with E-state index in [9.17, 15) is 0 Å². The summed E-state index contributed by atoms with van der Waals surface area (Å²) < 4.78 is 16.7. The molecule has 0 aliphatic heterocycles. The summed E-state index contributed by atoms with van der Waals surface area (Å²) in [6.07, 6.45) is 2.28. The molecule has 0 saturated carbocycles. The van der Waals surface area contributed by atoms with Gasteiger partial charge in [-0.3, -0.25) is 0 Å². The maximum atomic E-state index is 5.72. The molecule has 1 aromatic heterocycles. The third kappa shape index (κ3) is 8.24. The first-order valence-electron chi connectivity index (χ1n) is 7.91. The number of unbranched alkanes of at least 4 members (excludes halogenated alkanes) is 1. The fraction of sp³-hybridized carbons (Fsp3) is 0.765. The Labute approximate surface area is 129 Å². The molecule has 0 atom stereocenters. The van der Waals surface area contributed by atoms with Gasteiger partial charge in [0.2, 0.25) is 0 Å². The summed E-state index contributed by atoms with van der Waals surface area (Å²) in [6.45, 7) is 14.0. The number of ether oxygens (including phenoxy) is 2.